The van der Waals surface area contributed by atoms with Gasteiger partial charge in [0.25, 0.3) is 0 Å². The van der Waals surface area contributed by atoms with Gasteiger partial charge < -0.3 is 14.2 Å². The molecule has 0 amide bonds. The van der Waals surface area contributed by atoms with Crippen LogP contribution in [-0.2, 0) is 19.0 Å². The Morgan fingerprint density at radius 2 is 2.38 bits per heavy atom. The number of hydrogen-bond acceptors (Lipinski definition) is 4. The molecule has 4 heteroatoms. The van der Waals surface area contributed by atoms with E-state index < -0.39 is 0 Å². The van der Waals surface area contributed by atoms with Crippen LogP contribution < -0.4 is 0 Å². The van der Waals surface area contributed by atoms with Crippen molar-refractivity contribution in [3.8, 4) is 0 Å². The van der Waals surface area contributed by atoms with E-state index in [4.69, 9.17) is 14.2 Å². The van der Waals surface area contributed by atoms with Crippen LogP contribution in [0.25, 0.3) is 0 Å². The van der Waals surface area contributed by atoms with Gasteiger partial charge in [0.2, 0.25) is 0 Å². The van der Waals surface area contributed by atoms with E-state index in [1.807, 2.05) is 6.92 Å². The normalized spacial score (nSPS) is 34.4. The van der Waals surface area contributed by atoms with Gasteiger partial charge in [0.15, 0.2) is 5.78 Å². The van der Waals surface area contributed by atoms with E-state index in [9.17, 15) is 4.79 Å². The number of ketones is 1. The largest absolute Gasteiger partial charge is 0.378 e. The predicted octanol–water partition coefficient (Wildman–Crippen LogP) is 1.18. The second-order valence-electron chi connectivity index (χ2n) is 4.63. The number of ether oxygens (including phenoxy) is 3. The Morgan fingerprint density at radius 3 is 3.06 bits per heavy atom. The van der Waals surface area contributed by atoms with Crippen LogP contribution in [-0.4, -0.2) is 44.4 Å². The number of carbonyl (C=O) groups is 1. The molecule has 2 aliphatic heterocycles. The minimum atomic E-state index is -0.176. The Labute approximate surface area is 96.2 Å². The van der Waals surface area contributed by atoms with Crippen LogP contribution in [0, 0.1) is 5.92 Å². The third-order valence-corrected chi connectivity index (χ3v) is 3.46. The van der Waals surface area contributed by atoms with Crippen LogP contribution in [0.3, 0.4) is 0 Å². The van der Waals surface area contributed by atoms with Gasteiger partial charge in [-0.3, -0.25) is 4.79 Å². The van der Waals surface area contributed by atoms with Crippen LogP contribution >= 0.6 is 0 Å². The van der Waals surface area contributed by atoms with E-state index >= 15 is 0 Å². The van der Waals surface area contributed by atoms with E-state index in [1.54, 1.807) is 0 Å². The summed E-state index contributed by atoms with van der Waals surface area (Å²) in [4.78, 5) is 11.9. The van der Waals surface area contributed by atoms with Crippen LogP contribution in [0.5, 0.6) is 0 Å². The first-order valence-electron chi connectivity index (χ1n) is 6.08. The summed E-state index contributed by atoms with van der Waals surface area (Å²) in [6.45, 7) is 4.83. The summed E-state index contributed by atoms with van der Waals surface area (Å²) in [6.07, 6.45) is 2.55. The summed E-state index contributed by atoms with van der Waals surface area (Å²) >= 11 is 0. The van der Waals surface area contributed by atoms with Crippen molar-refractivity contribution in [3.05, 3.63) is 0 Å². The fraction of sp³-hybridized carbons (Fsp3) is 0.917. The van der Waals surface area contributed by atoms with E-state index in [0.29, 0.717) is 19.8 Å². The van der Waals surface area contributed by atoms with Gasteiger partial charge in [0.1, 0.15) is 6.61 Å². The summed E-state index contributed by atoms with van der Waals surface area (Å²) < 4.78 is 16.4. The molecule has 0 aromatic heterocycles. The van der Waals surface area contributed by atoms with Gasteiger partial charge in [-0.15, -0.1) is 0 Å². The smallest absolute Gasteiger partial charge is 0.161 e. The molecule has 2 fully saturated rings. The van der Waals surface area contributed by atoms with Crippen molar-refractivity contribution in [2.24, 2.45) is 5.92 Å². The van der Waals surface area contributed by atoms with Crippen molar-refractivity contribution in [2.75, 3.05) is 33.0 Å². The Balaban J connectivity index is 1.88. The van der Waals surface area contributed by atoms with Gasteiger partial charge in [-0.05, 0) is 19.8 Å². The Bertz CT molecular complexity index is 245. The molecule has 16 heavy (non-hydrogen) atoms. The summed E-state index contributed by atoms with van der Waals surface area (Å²) in [5.74, 6) is 0.318. The zero-order chi connectivity index (χ0) is 11.4. The van der Waals surface area contributed by atoms with E-state index in [1.165, 1.54) is 0 Å². The maximum atomic E-state index is 11.9. The Kier molecular flexibility index (Phi) is 3.95. The summed E-state index contributed by atoms with van der Waals surface area (Å²) in [7, 11) is 0. The number of rotatable bonds is 4. The molecule has 0 radical (unpaired) electrons. The standard InChI is InChI=1S/C12H20O4/c1-2-14-8-11(13)10-3-5-16-12(7-10)4-6-15-9-12/h10H,2-9H2,1H3. The Hall–Kier alpha value is -0.450. The minimum Gasteiger partial charge on any atom is -0.378 e. The molecule has 1 spiro atoms. The second kappa shape index (κ2) is 5.25. The van der Waals surface area contributed by atoms with Crippen LogP contribution in [0.1, 0.15) is 26.2 Å². The average Bonchev–Trinajstić information content (AvgIpc) is 2.74. The van der Waals surface area contributed by atoms with Crippen LogP contribution in [0.2, 0.25) is 0 Å². The molecule has 2 rings (SSSR count). The highest BCUT2D eigenvalue weighted by atomic mass is 16.6. The molecular weight excluding hydrogens is 208 g/mol. The van der Waals surface area contributed by atoms with Crippen molar-refractivity contribution in [1.29, 1.82) is 0 Å². The zero-order valence-electron chi connectivity index (χ0n) is 9.87. The third-order valence-electron chi connectivity index (χ3n) is 3.46. The molecule has 0 aromatic rings. The number of hydrogen-bond donors (Lipinski definition) is 0. The molecule has 2 aliphatic rings. The molecule has 2 unspecified atom stereocenters. The van der Waals surface area contributed by atoms with Gasteiger partial charge in [-0.2, -0.15) is 0 Å². The minimum absolute atomic E-state index is 0.0991. The van der Waals surface area contributed by atoms with Gasteiger partial charge in [-0.25, -0.2) is 0 Å². The van der Waals surface area contributed by atoms with Crippen LogP contribution in [0.15, 0.2) is 0 Å². The fourth-order valence-electron chi connectivity index (χ4n) is 2.49. The molecule has 92 valence electrons. The highest BCUT2D eigenvalue weighted by Crippen LogP contribution is 2.36. The molecule has 2 saturated heterocycles. The lowest BCUT2D eigenvalue weighted by Crippen LogP contribution is -2.43. The van der Waals surface area contributed by atoms with Crippen molar-refractivity contribution in [2.45, 2.75) is 31.8 Å². The molecule has 0 aliphatic carbocycles. The molecule has 0 N–H and O–H groups in total. The topological polar surface area (TPSA) is 44.8 Å². The maximum absolute atomic E-state index is 11.9. The number of carbonyl (C=O) groups excluding carboxylic acids is 1. The van der Waals surface area contributed by atoms with Crippen molar-refractivity contribution in [1.82, 2.24) is 0 Å². The average molecular weight is 228 g/mol. The van der Waals surface area contributed by atoms with E-state index in [0.717, 1.165) is 25.9 Å². The van der Waals surface area contributed by atoms with Gasteiger partial charge in [0, 0.05) is 32.2 Å². The van der Waals surface area contributed by atoms with Gasteiger partial charge in [-0.1, -0.05) is 0 Å². The van der Waals surface area contributed by atoms with Gasteiger partial charge in [0.05, 0.1) is 12.2 Å². The highest BCUT2D eigenvalue weighted by Gasteiger charge is 2.42. The summed E-state index contributed by atoms with van der Waals surface area (Å²) in [5.41, 5.74) is -0.176. The molecule has 0 aromatic carbocycles. The SMILES string of the molecule is CCOCC(=O)C1CCOC2(CCOC2)C1. The summed E-state index contributed by atoms with van der Waals surface area (Å²) in [6, 6.07) is 0. The molecule has 2 heterocycles. The number of Topliss-reactive ketones (excluding diaryl/α,β-unsaturated/α-hetero) is 1. The lowest BCUT2D eigenvalue weighted by atomic mass is 9.83. The van der Waals surface area contributed by atoms with E-state index in [2.05, 4.69) is 0 Å². The fourth-order valence-corrected chi connectivity index (χ4v) is 2.49. The lowest BCUT2D eigenvalue weighted by molar-refractivity contribution is -0.141. The maximum Gasteiger partial charge on any atom is 0.161 e. The zero-order valence-corrected chi connectivity index (χ0v) is 9.87. The van der Waals surface area contributed by atoms with E-state index in [-0.39, 0.29) is 23.9 Å². The molecule has 4 nitrogen and oxygen atoms in total. The van der Waals surface area contributed by atoms with Crippen molar-refractivity contribution >= 4 is 5.78 Å². The lowest BCUT2D eigenvalue weighted by Gasteiger charge is -2.36. The summed E-state index contributed by atoms with van der Waals surface area (Å²) in [5, 5.41) is 0. The Morgan fingerprint density at radius 1 is 1.50 bits per heavy atom. The van der Waals surface area contributed by atoms with Crippen molar-refractivity contribution in [3.63, 3.8) is 0 Å². The molecule has 0 bridgehead atoms. The third kappa shape index (κ3) is 2.62. The predicted molar refractivity (Wildman–Crippen MR) is 58.3 cm³/mol. The van der Waals surface area contributed by atoms with Crippen LogP contribution in [0.4, 0.5) is 0 Å². The van der Waals surface area contributed by atoms with Crippen molar-refractivity contribution < 1.29 is 19.0 Å². The van der Waals surface area contributed by atoms with Gasteiger partial charge >= 0.3 is 0 Å². The molecular formula is C12H20O4. The first-order valence-corrected chi connectivity index (χ1v) is 6.08. The molecule has 2 atom stereocenters. The first kappa shape index (κ1) is 12.0. The quantitative estimate of drug-likeness (QED) is 0.724. The monoisotopic (exact) mass is 228 g/mol. The molecule has 0 saturated carbocycles. The highest BCUT2D eigenvalue weighted by molar-refractivity contribution is 5.82. The second-order valence-corrected chi connectivity index (χ2v) is 4.63. The first-order chi connectivity index (χ1) is 7.76.